The highest BCUT2D eigenvalue weighted by Gasteiger charge is 2.30. The maximum Gasteiger partial charge on any atom is 0.0632 e. The second-order valence-corrected chi connectivity index (χ2v) is 6.79. The van der Waals surface area contributed by atoms with Crippen molar-refractivity contribution in [1.29, 1.82) is 0 Å². The summed E-state index contributed by atoms with van der Waals surface area (Å²) in [5.74, 6) is 0. The Hall–Kier alpha value is -1.02. The van der Waals surface area contributed by atoms with E-state index in [1.54, 1.807) is 0 Å². The van der Waals surface area contributed by atoms with E-state index in [9.17, 15) is 5.11 Å². The van der Waals surface area contributed by atoms with Crippen LogP contribution in [0.25, 0.3) is 0 Å². The van der Waals surface area contributed by atoms with Gasteiger partial charge in [0, 0.05) is 24.7 Å². The molecule has 1 fully saturated rings. The lowest BCUT2D eigenvalue weighted by atomic mass is 9.93. The Bertz CT molecular complexity index is 455. The van der Waals surface area contributed by atoms with Gasteiger partial charge in [-0.05, 0) is 50.3 Å². The lowest BCUT2D eigenvalue weighted by Gasteiger charge is -2.27. The molecule has 0 radical (unpaired) electrons. The summed E-state index contributed by atoms with van der Waals surface area (Å²) in [6, 6.07) is 7.38. The summed E-state index contributed by atoms with van der Waals surface area (Å²) in [6.07, 6.45) is 7.40. The maximum absolute atomic E-state index is 10.1. The van der Waals surface area contributed by atoms with E-state index in [0.29, 0.717) is 0 Å². The Labute approximate surface area is 116 Å². The van der Waals surface area contributed by atoms with Crippen molar-refractivity contribution in [1.82, 2.24) is 0 Å². The van der Waals surface area contributed by atoms with E-state index in [1.807, 2.05) is 13.8 Å². The van der Waals surface area contributed by atoms with E-state index >= 15 is 0 Å². The molecule has 0 amide bonds. The van der Waals surface area contributed by atoms with Crippen molar-refractivity contribution < 1.29 is 5.11 Å². The van der Waals surface area contributed by atoms with Gasteiger partial charge < -0.3 is 10.0 Å². The standard InChI is InChI=1S/C17H25NO/c1-17(2,19)12-13-6-5-9-16-15(13)10-11-18(16)14-7-3-4-8-14/h5-6,9,14,19H,3-4,7-8,10-12H2,1-2H3. The predicted molar refractivity (Wildman–Crippen MR) is 79.7 cm³/mol. The predicted octanol–water partition coefficient (Wildman–Crippen LogP) is 3.31. The maximum atomic E-state index is 10.1. The minimum absolute atomic E-state index is 0.615. The number of rotatable bonds is 3. The normalized spacial score (nSPS) is 20.1. The third kappa shape index (κ3) is 2.64. The summed E-state index contributed by atoms with van der Waals surface area (Å²) < 4.78 is 0. The number of hydrogen-bond acceptors (Lipinski definition) is 2. The SMILES string of the molecule is CC(C)(O)Cc1cccc2c1CCN2C1CCCC1. The van der Waals surface area contributed by atoms with Crippen molar-refractivity contribution in [2.75, 3.05) is 11.4 Å². The number of aliphatic hydroxyl groups is 1. The highest BCUT2D eigenvalue weighted by atomic mass is 16.3. The Morgan fingerprint density at radius 2 is 2.00 bits per heavy atom. The summed E-state index contributed by atoms with van der Waals surface area (Å²) in [6.45, 7) is 4.97. The molecular weight excluding hydrogens is 234 g/mol. The summed E-state index contributed by atoms with van der Waals surface area (Å²) in [7, 11) is 0. The van der Waals surface area contributed by atoms with E-state index in [0.717, 1.165) is 18.9 Å². The van der Waals surface area contributed by atoms with E-state index < -0.39 is 5.60 Å². The number of anilines is 1. The van der Waals surface area contributed by atoms with E-state index in [1.165, 1.54) is 49.0 Å². The van der Waals surface area contributed by atoms with Crippen LogP contribution >= 0.6 is 0 Å². The largest absolute Gasteiger partial charge is 0.390 e. The van der Waals surface area contributed by atoms with Gasteiger partial charge in [0.25, 0.3) is 0 Å². The average Bonchev–Trinajstić information content (AvgIpc) is 2.94. The zero-order valence-corrected chi connectivity index (χ0v) is 12.2. The fourth-order valence-electron chi connectivity index (χ4n) is 3.76. The molecule has 0 atom stereocenters. The first-order valence-corrected chi connectivity index (χ1v) is 7.64. The van der Waals surface area contributed by atoms with Crippen LogP contribution < -0.4 is 4.90 Å². The number of nitrogens with zero attached hydrogens (tertiary/aromatic N) is 1. The first-order chi connectivity index (χ1) is 9.04. The lowest BCUT2D eigenvalue weighted by Crippen LogP contribution is -2.31. The highest BCUT2D eigenvalue weighted by molar-refractivity contribution is 5.61. The molecule has 0 spiro atoms. The Kier molecular flexibility index (Phi) is 3.30. The van der Waals surface area contributed by atoms with Gasteiger partial charge in [0.15, 0.2) is 0 Å². The van der Waals surface area contributed by atoms with Gasteiger partial charge in [-0.15, -0.1) is 0 Å². The Balaban J connectivity index is 1.88. The smallest absolute Gasteiger partial charge is 0.0632 e. The lowest BCUT2D eigenvalue weighted by molar-refractivity contribution is 0.0808. The fourth-order valence-corrected chi connectivity index (χ4v) is 3.76. The van der Waals surface area contributed by atoms with Crippen LogP contribution in [-0.2, 0) is 12.8 Å². The molecule has 19 heavy (non-hydrogen) atoms. The Morgan fingerprint density at radius 1 is 1.26 bits per heavy atom. The van der Waals surface area contributed by atoms with Gasteiger partial charge in [-0.3, -0.25) is 0 Å². The average molecular weight is 259 g/mol. The zero-order chi connectivity index (χ0) is 13.5. The van der Waals surface area contributed by atoms with Gasteiger partial charge in [0.2, 0.25) is 0 Å². The molecule has 0 saturated heterocycles. The van der Waals surface area contributed by atoms with Gasteiger partial charge in [0.05, 0.1) is 5.60 Å². The molecule has 1 aromatic rings. The molecular formula is C17H25NO. The molecule has 2 heteroatoms. The fraction of sp³-hybridized carbons (Fsp3) is 0.647. The van der Waals surface area contributed by atoms with Crippen LogP contribution in [0, 0.1) is 0 Å². The van der Waals surface area contributed by atoms with Gasteiger partial charge in [-0.25, -0.2) is 0 Å². The van der Waals surface area contributed by atoms with Crippen molar-refractivity contribution in [2.45, 2.75) is 64.0 Å². The molecule has 0 unspecified atom stereocenters. The van der Waals surface area contributed by atoms with Gasteiger partial charge >= 0.3 is 0 Å². The highest BCUT2D eigenvalue weighted by Crippen LogP contribution is 2.37. The molecule has 1 aromatic carbocycles. The molecule has 1 aliphatic heterocycles. The first kappa shape index (κ1) is 13.0. The van der Waals surface area contributed by atoms with Crippen LogP contribution in [0.4, 0.5) is 5.69 Å². The van der Waals surface area contributed by atoms with Crippen LogP contribution in [0.5, 0.6) is 0 Å². The molecule has 1 aliphatic carbocycles. The van der Waals surface area contributed by atoms with Crippen LogP contribution in [-0.4, -0.2) is 23.3 Å². The third-order valence-corrected chi connectivity index (χ3v) is 4.55. The monoisotopic (exact) mass is 259 g/mol. The second-order valence-electron chi connectivity index (χ2n) is 6.79. The van der Waals surface area contributed by atoms with Gasteiger partial charge in [-0.1, -0.05) is 25.0 Å². The number of fused-ring (bicyclic) bond motifs is 1. The Morgan fingerprint density at radius 3 is 2.68 bits per heavy atom. The van der Waals surface area contributed by atoms with Gasteiger partial charge in [-0.2, -0.15) is 0 Å². The molecule has 0 bridgehead atoms. The molecule has 0 aromatic heterocycles. The van der Waals surface area contributed by atoms with Crippen molar-refractivity contribution in [3.8, 4) is 0 Å². The third-order valence-electron chi connectivity index (χ3n) is 4.55. The number of hydrogen-bond donors (Lipinski definition) is 1. The van der Waals surface area contributed by atoms with Crippen molar-refractivity contribution in [2.24, 2.45) is 0 Å². The second kappa shape index (κ2) is 4.82. The molecule has 1 N–H and O–H groups in total. The summed E-state index contributed by atoms with van der Waals surface area (Å²) in [4.78, 5) is 2.62. The molecule has 1 saturated carbocycles. The molecule has 104 valence electrons. The topological polar surface area (TPSA) is 23.5 Å². The first-order valence-electron chi connectivity index (χ1n) is 7.64. The minimum Gasteiger partial charge on any atom is -0.390 e. The van der Waals surface area contributed by atoms with Crippen molar-refractivity contribution in [3.05, 3.63) is 29.3 Å². The van der Waals surface area contributed by atoms with E-state index in [4.69, 9.17) is 0 Å². The van der Waals surface area contributed by atoms with Crippen LogP contribution in [0.15, 0.2) is 18.2 Å². The number of benzene rings is 1. The summed E-state index contributed by atoms with van der Waals surface area (Å²) >= 11 is 0. The quantitative estimate of drug-likeness (QED) is 0.900. The van der Waals surface area contributed by atoms with E-state index in [2.05, 4.69) is 23.1 Å². The molecule has 2 aliphatic rings. The van der Waals surface area contributed by atoms with Crippen LogP contribution in [0.3, 0.4) is 0 Å². The van der Waals surface area contributed by atoms with Crippen LogP contribution in [0.2, 0.25) is 0 Å². The van der Waals surface area contributed by atoms with Crippen molar-refractivity contribution >= 4 is 5.69 Å². The molecule has 2 nitrogen and oxygen atoms in total. The minimum atomic E-state index is -0.615. The zero-order valence-electron chi connectivity index (χ0n) is 12.2. The van der Waals surface area contributed by atoms with Crippen molar-refractivity contribution in [3.63, 3.8) is 0 Å². The van der Waals surface area contributed by atoms with E-state index in [-0.39, 0.29) is 0 Å². The van der Waals surface area contributed by atoms with Gasteiger partial charge in [0.1, 0.15) is 0 Å². The summed E-state index contributed by atoms with van der Waals surface area (Å²) in [5.41, 5.74) is 3.64. The molecule has 1 heterocycles. The van der Waals surface area contributed by atoms with Crippen LogP contribution in [0.1, 0.15) is 50.7 Å². The molecule has 3 rings (SSSR count). The summed E-state index contributed by atoms with van der Waals surface area (Å²) in [5, 5.41) is 10.1.